The van der Waals surface area contributed by atoms with Crippen molar-refractivity contribution in [1.29, 1.82) is 0 Å². The summed E-state index contributed by atoms with van der Waals surface area (Å²) in [6, 6.07) is 5.83. The molecule has 2 unspecified atom stereocenters. The number of rotatable bonds is 5. The molecule has 4 nitrogen and oxygen atoms in total. The normalized spacial score (nSPS) is 21.7. The van der Waals surface area contributed by atoms with E-state index in [1.807, 2.05) is 18.2 Å². The fourth-order valence-corrected chi connectivity index (χ4v) is 2.92. The van der Waals surface area contributed by atoms with Gasteiger partial charge in [-0.25, -0.2) is 0 Å². The predicted octanol–water partition coefficient (Wildman–Crippen LogP) is 2.08. The van der Waals surface area contributed by atoms with Gasteiger partial charge in [0.25, 0.3) is 0 Å². The summed E-state index contributed by atoms with van der Waals surface area (Å²) < 4.78 is 12.0. The number of likely N-dealkylation sites (N-methyl/N-ethyl adjacent to an activating group) is 1. The molecule has 0 spiro atoms. The summed E-state index contributed by atoms with van der Waals surface area (Å²) in [7, 11) is 1.65. The van der Waals surface area contributed by atoms with Crippen molar-refractivity contribution < 1.29 is 14.6 Å². The van der Waals surface area contributed by atoms with Gasteiger partial charge in [0.2, 0.25) is 0 Å². The maximum Gasteiger partial charge on any atom is 0.122 e. The molecule has 1 aromatic rings. The van der Waals surface area contributed by atoms with Crippen LogP contribution in [-0.2, 0) is 11.2 Å². The maximum atomic E-state index is 10.4. The molecule has 0 aromatic heterocycles. The van der Waals surface area contributed by atoms with Gasteiger partial charge in [0.15, 0.2) is 0 Å². The number of halogens is 1. The first-order valence-corrected chi connectivity index (χ1v) is 7.77. The van der Waals surface area contributed by atoms with E-state index in [2.05, 4.69) is 27.8 Å². The molecular weight excluding hydrogens is 322 g/mol. The summed E-state index contributed by atoms with van der Waals surface area (Å²) in [4.78, 5) is 2.30. The van der Waals surface area contributed by atoms with E-state index in [0.29, 0.717) is 13.0 Å². The monoisotopic (exact) mass is 343 g/mol. The van der Waals surface area contributed by atoms with Crippen molar-refractivity contribution in [3.63, 3.8) is 0 Å². The highest BCUT2D eigenvalue weighted by molar-refractivity contribution is 9.10. The molecule has 112 valence electrons. The van der Waals surface area contributed by atoms with Gasteiger partial charge in [-0.05, 0) is 30.3 Å². The highest BCUT2D eigenvalue weighted by Crippen LogP contribution is 2.25. The Hall–Kier alpha value is -0.620. The smallest absolute Gasteiger partial charge is 0.122 e. The van der Waals surface area contributed by atoms with Crippen molar-refractivity contribution in [3.05, 3.63) is 28.2 Å². The Kier molecular flexibility index (Phi) is 5.84. The Balaban J connectivity index is 2.03. The molecule has 1 aliphatic heterocycles. The van der Waals surface area contributed by atoms with Crippen LogP contribution in [0.5, 0.6) is 5.75 Å². The Labute approximate surface area is 128 Å². The van der Waals surface area contributed by atoms with Crippen molar-refractivity contribution in [3.8, 4) is 5.75 Å². The Morgan fingerprint density at radius 2 is 2.35 bits per heavy atom. The molecule has 1 aliphatic rings. The number of methoxy groups -OCH3 is 1. The van der Waals surface area contributed by atoms with Crippen LogP contribution in [0.15, 0.2) is 22.7 Å². The van der Waals surface area contributed by atoms with E-state index < -0.39 is 6.10 Å². The Morgan fingerprint density at radius 1 is 1.55 bits per heavy atom. The molecule has 1 fully saturated rings. The van der Waals surface area contributed by atoms with Gasteiger partial charge in [-0.15, -0.1) is 0 Å². The minimum absolute atomic E-state index is 0.132. The standard InChI is InChI=1S/C15H22BrNO3/c1-3-17-6-7-20-15(10-17)13(18)9-11-8-12(16)4-5-14(11)19-2/h4-5,8,13,15,18H,3,6-7,9-10H2,1-2H3. The molecule has 1 aromatic carbocycles. The van der Waals surface area contributed by atoms with Crippen LogP contribution >= 0.6 is 15.9 Å². The minimum atomic E-state index is -0.521. The number of morpholine rings is 1. The topological polar surface area (TPSA) is 41.9 Å². The minimum Gasteiger partial charge on any atom is -0.496 e. The molecule has 2 rings (SSSR count). The molecule has 1 N–H and O–H groups in total. The third-order valence-corrected chi connectivity index (χ3v) is 4.22. The second-order valence-corrected chi connectivity index (χ2v) is 5.95. The fraction of sp³-hybridized carbons (Fsp3) is 0.600. The van der Waals surface area contributed by atoms with Crippen LogP contribution in [0.2, 0.25) is 0 Å². The molecule has 20 heavy (non-hydrogen) atoms. The quantitative estimate of drug-likeness (QED) is 0.888. The lowest BCUT2D eigenvalue weighted by molar-refractivity contribution is -0.0868. The van der Waals surface area contributed by atoms with Crippen LogP contribution in [-0.4, -0.2) is 55.6 Å². The van der Waals surface area contributed by atoms with Gasteiger partial charge in [-0.2, -0.15) is 0 Å². The summed E-state index contributed by atoms with van der Waals surface area (Å²) in [6.45, 7) is 5.54. The number of ether oxygens (including phenoxy) is 2. The first-order valence-electron chi connectivity index (χ1n) is 6.98. The van der Waals surface area contributed by atoms with Crippen LogP contribution in [0.3, 0.4) is 0 Å². The predicted molar refractivity (Wildman–Crippen MR) is 82.3 cm³/mol. The zero-order chi connectivity index (χ0) is 14.5. The van der Waals surface area contributed by atoms with E-state index in [-0.39, 0.29) is 6.10 Å². The van der Waals surface area contributed by atoms with Gasteiger partial charge in [-0.3, -0.25) is 4.90 Å². The third kappa shape index (κ3) is 3.95. The van der Waals surface area contributed by atoms with Crippen molar-refractivity contribution >= 4 is 15.9 Å². The van der Waals surface area contributed by atoms with Crippen LogP contribution in [0.25, 0.3) is 0 Å². The van der Waals surface area contributed by atoms with Gasteiger partial charge in [0, 0.05) is 24.0 Å². The average Bonchev–Trinajstić information content (AvgIpc) is 2.47. The maximum absolute atomic E-state index is 10.4. The largest absolute Gasteiger partial charge is 0.496 e. The molecule has 2 atom stereocenters. The Morgan fingerprint density at radius 3 is 3.05 bits per heavy atom. The lowest BCUT2D eigenvalue weighted by Gasteiger charge is -2.34. The van der Waals surface area contributed by atoms with Gasteiger partial charge in [-0.1, -0.05) is 22.9 Å². The highest BCUT2D eigenvalue weighted by Gasteiger charge is 2.27. The third-order valence-electron chi connectivity index (χ3n) is 3.73. The molecule has 1 saturated heterocycles. The lowest BCUT2D eigenvalue weighted by Crippen LogP contribution is -2.48. The number of aliphatic hydroxyl groups is 1. The van der Waals surface area contributed by atoms with Crippen LogP contribution < -0.4 is 4.74 Å². The summed E-state index contributed by atoms with van der Waals surface area (Å²) in [5, 5.41) is 10.4. The van der Waals surface area contributed by atoms with Crippen molar-refractivity contribution in [2.45, 2.75) is 25.6 Å². The molecule has 0 amide bonds. The van der Waals surface area contributed by atoms with Crippen LogP contribution in [0.1, 0.15) is 12.5 Å². The van der Waals surface area contributed by atoms with Gasteiger partial charge < -0.3 is 14.6 Å². The van der Waals surface area contributed by atoms with E-state index in [1.165, 1.54) is 0 Å². The molecule has 1 heterocycles. The molecule has 0 bridgehead atoms. The summed E-state index contributed by atoms with van der Waals surface area (Å²) in [6.07, 6.45) is -0.120. The fourth-order valence-electron chi connectivity index (χ4n) is 2.52. The van der Waals surface area contributed by atoms with Gasteiger partial charge >= 0.3 is 0 Å². The summed E-state index contributed by atoms with van der Waals surface area (Å²) in [5.41, 5.74) is 0.992. The molecule has 0 saturated carbocycles. The second kappa shape index (κ2) is 7.41. The van der Waals surface area contributed by atoms with E-state index >= 15 is 0 Å². The van der Waals surface area contributed by atoms with Crippen molar-refractivity contribution in [1.82, 2.24) is 4.90 Å². The molecule has 0 aliphatic carbocycles. The van der Waals surface area contributed by atoms with Crippen molar-refractivity contribution in [2.75, 3.05) is 33.4 Å². The summed E-state index contributed by atoms with van der Waals surface area (Å²) >= 11 is 3.46. The number of nitrogens with zero attached hydrogens (tertiary/aromatic N) is 1. The van der Waals surface area contributed by atoms with Crippen LogP contribution in [0.4, 0.5) is 0 Å². The van der Waals surface area contributed by atoms with Gasteiger partial charge in [0.05, 0.1) is 25.9 Å². The molecular formula is C15H22BrNO3. The zero-order valence-electron chi connectivity index (χ0n) is 12.0. The highest BCUT2D eigenvalue weighted by atomic mass is 79.9. The lowest BCUT2D eigenvalue weighted by atomic mass is 10.0. The van der Waals surface area contributed by atoms with E-state index in [1.54, 1.807) is 7.11 Å². The number of benzene rings is 1. The first kappa shape index (κ1) is 15.8. The molecule has 5 heteroatoms. The average molecular weight is 344 g/mol. The van der Waals surface area contributed by atoms with Gasteiger partial charge in [0.1, 0.15) is 5.75 Å². The van der Waals surface area contributed by atoms with Crippen LogP contribution in [0, 0.1) is 0 Å². The number of hydrogen-bond acceptors (Lipinski definition) is 4. The number of hydrogen-bond donors (Lipinski definition) is 1. The first-order chi connectivity index (χ1) is 9.63. The summed E-state index contributed by atoms with van der Waals surface area (Å²) in [5.74, 6) is 0.801. The van der Waals surface area contributed by atoms with Crippen molar-refractivity contribution in [2.24, 2.45) is 0 Å². The second-order valence-electron chi connectivity index (χ2n) is 5.03. The molecule has 0 radical (unpaired) electrons. The van der Waals surface area contributed by atoms with E-state index in [4.69, 9.17) is 9.47 Å². The van der Waals surface area contributed by atoms with E-state index in [9.17, 15) is 5.11 Å². The Bertz CT molecular complexity index is 441. The van der Waals surface area contributed by atoms with E-state index in [0.717, 1.165) is 35.4 Å². The zero-order valence-corrected chi connectivity index (χ0v) is 13.6. The SMILES string of the molecule is CCN1CCOC(C(O)Cc2cc(Br)ccc2OC)C1. The number of aliphatic hydroxyl groups excluding tert-OH is 1.